The van der Waals surface area contributed by atoms with E-state index in [-0.39, 0.29) is 29.7 Å². The van der Waals surface area contributed by atoms with Gasteiger partial charge in [0, 0.05) is 25.6 Å². The van der Waals surface area contributed by atoms with E-state index in [1.807, 2.05) is 6.07 Å². The smallest absolute Gasteiger partial charge is 0.417 e. The molecule has 9 nitrogen and oxygen atoms in total. The summed E-state index contributed by atoms with van der Waals surface area (Å²) in [5.74, 6) is -2.58. The first-order valence-corrected chi connectivity index (χ1v) is 14.7. The number of aromatic nitrogens is 1. The number of sulfone groups is 1. The van der Waals surface area contributed by atoms with E-state index in [1.54, 1.807) is 0 Å². The molecule has 3 aliphatic rings. The number of rotatable bonds is 6. The molecule has 2 atom stereocenters. The van der Waals surface area contributed by atoms with Gasteiger partial charge < -0.3 is 15.4 Å². The topological polar surface area (TPSA) is 134 Å². The van der Waals surface area contributed by atoms with Crippen molar-refractivity contribution in [1.29, 1.82) is 5.26 Å². The fourth-order valence-corrected chi connectivity index (χ4v) is 7.25. The number of benzene rings is 1. The van der Waals surface area contributed by atoms with Crippen LogP contribution in [0.3, 0.4) is 0 Å². The van der Waals surface area contributed by atoms with Gasteiger partial charge in [-0.3, -0.25) is 9.59 Å². The number of hydrogen-bond donors (Lipinski definition) is 1. The maximum absolute atomic E-state index is 14.2. The van der Waals surface area contributed by atoms with Gasteiger partial charge in [0.1, 0.15) is 17.0 Å². The lowest BCUT2D eigenvalue weighted by Gasteiger charge is -2.29. The number of halogens is 6. The number of nitrogens with one attached hydrogen (secondary N) is 1. The molecule has 16 heteroatoms. The van der Waals surface area contributed by atoms with E-state index in [9.17, 15) is 54.8 Å². The SMILES string of the molecule is Cc1cc(-c2ccc(S(=O)(=O)[C@@H]3C[C@@H](C(=O)NC4(C#N)CC4)N(C(=O)C4(C(F)(F)F)CC4)C3)c(C(F)(F)F)c2)cc[n+]1[O-]. The highest BCUT2D eigenvalue weighted by atomic mass is 32.2. The number of carbonyl (C=O) groups excluding carboxylic acids is 2. The van der Waals surface area contributed by atoms with Gasteiger partial charge in [0.15, 0.2) is 21.7 Å². The lowest BCUT2D eigenvalue weighted by atomic mass is 10.0. The summed E-state index contributed by atoms with van der Waals surface area (Å²) in [5, 5.41) is 21.5. The van der Waals surface area contributed by atoms with Crippen LogP contribution in [-0.2, 0) is 25.6 Å². The fraction of sp³-hybridized carbons (Fsp3) is 0.481. The minimum absolute atomic E-state index is 0.0532. The molecule has 1 aromatic carbocycles. The van der Waals surface area contributed by atoms with Gasteiger partial charge in [-0.25, -0.2) is 8.42 Å². The minimum atomic E-state index is -5.19. The summed E-state index contributed by atoms with van der Waals surface area (Å²) in [7, 11) is -4.99. The lowest BCUT2D eigenvalue weighted by molar-refractivity contribution is -0.612. The van der Waals surface area contributed by atoms with Gasteiger partial charge in [-0.2, -0.15) is 36.3 Å². The van der Waals surface area contributed by atoms with Crippen LogP contribution in [-0.4, -0.2) is 54.7 Å². The number of likely N-dealkylation sites (tertiary alicyclic amines) is 1. The molecule has 0 radical (unpaired) electrons. The van der Waals surface area contributed by atoms with E-state index in [1.165, 1.54) is 19.1 Å². The van der Waals surface area contributed by atoms with E-state index in [0.717, 1.165) is 12.3 Å². The van der Waals surface area contributed by atoms with Crippen LogP contribution in [0, 0.1) is 28.9 Å². The average molecular weight is 631 g/mol. The Morgan fingerprint density at radius 2 is 1.70 bits per heavy atom. The van der Waals surface area contributed by atoms with Gasteiger partial charge in [-0.1, -0.05) is 6.07 Å². The summed E-state index contributed by atoms with van der Waals surface area (Å²) in [6.07, 6.45) is -10.6. The predicted octanol–water partition coefficient (Wildman–Crippen LogP) is 3.57. The number of hydrogen-bond acceptors (Lipinski definition) is 6. The van der Waals surface area contributed by atoms with Crippen molar-refractivity contribution in [1.82, 2.24) is 10.2 Å². The molecular weight excluding hydrogens is 606 g/mol. The fourth-order valence-electron chi connectivity index (χ4n) is 5.36. The molecule has 1 saturated heterocycles. The van der Waals surface area contributed by atoms with E-state index in [4.69, 9.17) is 0 Å². The number of nitrogens with zero attached hydrogens (tertiary/aromatic N) is 3. The van der Waals surface area contributed by atoms with Crippen LogP contribution in [0.5, 0.6) is 0 Å². The molecule has 1 aromatic heterocycles. The molecule has 3 fully saturated rings. The summed E-state index contributed by atoms with van der Waals surface area (Å²) in [4.78, 5) is 25.6. The number of pyridine rings is 1. The molecule has 2 amide bonds. The van der Waals surface area contributed by atoms with E-state index in [2.05, 4.69) is 5.32 Å². The maximum Gasteiger partial charge on any atom is 0.417 e. The molecule has 1 aliphatic heterocycles. The normalized spacial score (nSPS) is 22.5. The Hall–Kier alpha value is -3.87. The standard InChI is InChI=1S/C27H24F6N4O5S/c1-15-10-17(4-9-37(15)40)16-2-3-21(19(11-16)26(28,29)30)43(41,42)18-12-20(22(38)35-24(14-34)5-6-24)36(13-18)23(39)25(7-8-25)27(31,32)33/h2-4,9-11,18,20H,5-8,12-13H2,1H3,(H,35,38)/t18-,20+/m1/s1. The summed E-state index contributed by atoms with van der Waals surface area (Å²) in [5.41, 5.74) is -5.36. The molecular formula is C27H24F6N4O5S. The predicted molar refractivity (Wildman–Crippen MR) is 135 cm³/mol. The van der Waals surface area contributed by atoms with Crippen LogP contribution in [0.4, 0.5) is 26.3 Å². The number of alkyl halides is 6. The van der Waals surface area contributed by atoms with Crippen LogP contribution in [0.15, 0.2) is 41.4 Å². The van der Waals surface area contributed by atoms with Gasteiger partial charge in [0.05, 0.1) is 21.8 Å². The molecule has 0 bridgehead atoms. The molecule has 230 valence electrons. The Kier molecular flexibility index (Phi) is 6.99. The number of nitriles is 1. The van der Waals surface area contributed by atoms with E-state index < -0.39 is 92.5 Å². The van der Waals surface area contributed by atoms with Crippen molar-refractivity contribution in [3.8, 4) is 17.2 Å². The van der Waals surface area contributed by atoms with Crippen molar-refractivity contribution in [2.75, 3.05) is 6.54 Å². The number of aryl methyl sites for hydroxylation is 1. The van der Waals surface area contributed by atoms with Crippen molar-refractivity contribution < 1.29 is 49.1 Å². The Labute approximate surface area is 241 Å². The van der Waals surface area contributed by atoms with Crippen LogP contribution in [0.25, 0.3) is 11.1 Å². The van der Waals surface area contributed by atoms with E-state index in [0.29, 0.717) is 21.8 Å². The Morgan fingerprint density at radius 3 is 2.21 bits per heavy atom. The first-order chi connectivity index (χ1) is 19.8. The third-order valence-corrected chi connectivity index (χ3v) is 10.5. The Morgan fingerprint density at radius 1 is 1.07 bits per heavy atom. The minimum Gasteiger partial charge on any atom is -0.619 e. The van der Waals surface area contributed by atoms with Gasteiger partial charge >= 0.3 is 12.4 Å². The van der Waals surface area contributed by atoms with Crippen molar-refractivity contribution in [3.63, 3.8) is 0 Å². The van der Waals surface area contributed by atoms with Crippen LogP contribution in [0.2, 0.25) is 0 Å². The molecule has 2 heterocycles. The second-order valence-corrected chi connectivity index (χ2v) is 13.4. The zero-order valence-electron chi connectivity index (χ0n) is 22.4. The van der Waals surface area contributed by atoms with Crippen molar-refractivity contribution in [2.24, 2.45) is 5.41 Å². The largest absolute Gasteiger partial charge is 0.619 e. The second-order valence-electron chi connectivity index (χ2n) is 11.2. The molecule has 2 aliphatic carbocycles. The van der Waals surface area contributed by atoms with Gasteiger partial charge in [0.25, 0.3) is 0 Å². The van der Waals surface area contributed by atoms with Crippen molar-refractivity contribution in [2.45, 2.75) is 73.1 Å². The molecule has 43 heavy (non-hydrogen) atoms. The highest BCUT2D eigenvalue weighted by Crippen LogP contribution is 2.59. The first-order valence-electron chi connectivity index (χ1n) is 13.1. The lowest BCUT2D eigenvalue weighted by Crippen LogP contribution is -2.53. The van der Waals surface area contributed by atoms with Gasteiger partial charge in [0.2, 0.25) is 11.8 Å². The van der Waals surface area contributed by atoms with Crippen LogP contribution >= 0.6 is 0 Å². The Bertz CT molecular complexity index is 1660. The van der Waals surface area contributed by atoms with Gasteiger partial charge in [-0.05, 0) is 55.4 Å². The first kappa shape index (κ1) is 30.6. The van der Waals surface area contributed by atoms with Crippen LogP contribution < -0.4 is 10.0 Å². The summed E-state index contributed by atoms with van der Waals surface area (Å²) < 4.78 is 112. The highest BCUT2D eigenvalue weighted by molar-refractivity contribution is 7.92. The van der Waals surface area contributed by atoms with Gasteiger partial charge in [-0.15, -0.1) is 0 Å². The zero-order valence-corrected chi connectivity index (χ0v) is 23.2. The average Bonchev–Trinajstić information content (AvgIpc) is 3.85. The summed E-state index contributed by atoms with van der Waals surface area (Å²) in [6, 6.07) is 5.06. The van der Waals surface area contributed by atoms with Crippen molar-refractivity contribution >= 4 is 21.7 Å². The third-order valence-electron chi connectivity index (χ3n) is 8.32. The van der Waals surface area contributed by atoms with E-state index >= 15 is 0 Å². The summed E-state index contributed by atoms with van der Waals surface area (Å²) in [6.45, 7) is 0.475. The number of amides is 2. The van der Waals surface area contributed by atoms with Crippen molar-refractivity contribution in [3.05, 3.63) is 53.0 Å². The Balaban J connectivity index is 1.53. The third kappa shape index (κ3) is 5.28. The quantitative estimate of drug-likeness (QED) is 0.295. The molecule has 5 rings (SSSR count). The number of carbonyl (C=O) groups is 2. The molecule has 2 saturated carbocycles. The molecule has 1 N–H and O–H groups in total. The second kappa shape index (κ2) is 9.83. The zero-order chi connectivity index (χ0) is 31.8. The van der Waals surface area contributed by atoms with Crippen LogP contribution in [0.1, 0.15) is 43.4 Å². The monoisotopic (exact) mass is 630 g/mol. The summed E-state index contributed by atoms with van der Waals surface area (Å²) >= 11 is 0. The molecule has 0 spiro atoms. The molecule has 2 aromatic rings. The highest BCUT2D eigenvalue weighted by Gasteiger charge is 2.70. The maximum atomic E-state index is 14.2. The molecule has 0 unspecified atom stereocenters.